The number of rotatable bonds is 2. The summed E-state index contributed by atoms with van der Waals surface area (Å²) in [6.45, 7) is 13.4. The van der Waals surface area contributed by atoms with Crippen molar-refractivity contribution in [3.63, 3.8) is 0 Å². The van der Waals surface area contributed by atoms with Gasteiger partial charge in [0.25, 0.3) is 0 Å². The van der Waals surface area contributed by atoms with Crippen LogP contribution in [0.15, 0.2) is 18.2 Å². The lowest BCUT2D eigenvalue weighted by Gasteiger charge is -2.37. The van der Waals surface area contributed by atoms with Gasteiger partial charge in [-0.15, -0.1) is 24.8 Å². The van der Waals surface area contributed by atoms with Crippen LogP contribution in [0.3, 0.4) is 0 Å². The molecule has 1 aromatic carbocycles. The van der Waals surface area contributed by atoms with E-state index in [-0.39, 0.29) is 24.8 Å². The Morgan fingerprint density at radius 2 is 1.87 bits per heavy atom. The molecule has 2 aliphatic heterocycles. The van der Waals surface area contributed by atoms with Gasteiger partial charge in [0.05, 0.1) is 0 Å². The van der Waals surface area contributed by atoms with E-state index in [0.717, 1.165) is 39.3 Å². The van der Waals surface area contributed by atoms with Crippen molar-refractivity contribution in [3.8, 4) is 0 Å². The van der Waals surface area contributed by atoms with Crippen molar-refractivity contribution < 1.29 is 0 Å². The van der Waals surface area contributed by atoms with Crippen molar-refractivity contribution in [1.82, 2.24) is 10.6 Å². The molecule has 0 aromatic heterocycles. The normalized spacial score (nSPS) is 24.7. The van der Waals surface area contributed by atoms with Gasteiger partial charge in [-0.25, -0.2) is 0 Å². The molecule has 0 unspecified atom stereocenters. The van der Waals surface area contributed by atoms with Crippen LogP contribution in [-0.2, 0) is 0 Å². The molecule has 6 heteroatoms. The van der Waals surface area contributed by atoms with Crippen molar-refractivity contribution in [3.05, 3.63) is 23.8 Å². The number of hydrogen-bond acceptors (Lipinski definition) is 4. The molecule has 0 radical (unpaired) electrons. The minimum atomic E-state index is 0. The predicted molar refractivity (Wildman–Crippen MR) is 105 cm³/mol. The Labute approximate surface area is 152 Å². The second-order valence-electron chi connectivity index (χ2n) is 6.52. The van der Waals surface area contributed by atoms with Crippen molar-refractivity contribution in [2.24, 2.45) is 0 Å². The fourth-order valence-electron chi connectivity index (χ4n) is 3.55. The molecule has 0 bridgehead atoms. The van der Waals surface area contributed by atoms with Crippen LogP contribution >= 0.6 is 24.8 Å². The first-order valence-electron chi connectivity index (χ1n) is 8.21. The van der Waals surface area contributed by atoms with Gasteiger partial charge in [0, 0.05) is 62.7 Å². The quantitative estimate of drug-likeness (QED) is 0.847. The maximum Gasteiger partial charge on any atom is 0.0398 e. The molecule has 1 aromatic rings. The number of nitrogens with one attached hydrogen (secondary N) is 2. The molecule has 2 N–H and O–H groups in total. The highest BCUT2D eigenvalue weighted by molar-refractivity contribution is 5.85. The summed E-state index contributed by atoms with van der Waals surface area (Å²) in [7, 11) is 0. The summed E-state index contributed by atoms with van der Waals surface area (Å²) >= 11 is 0. The number of anilines is 2. The largest absolute Gasteiger partial charge is 0.368 e. The molecule has 132 valence electrons. The average molecular weight is 361 g/mol. The minimum absolute atomic E-state index is 0. The van der Waals surface area contributed by atoms with Crippen molar-refractivity contribution in [2.75, 3.05) is 49.1 Å². The molecule has 0 aliphatic carbocycles. The van der Waals surface area contributed by atoms with Gasteiger partial charge in [-0.2, -0.15) is 0 Å². The zero-order valence-corrected chi connectivity index (χ0v) is 16.0. The number of piperazine rings is 2. The molecular formula is C17H30Cl2N4. The topological polar surface area (TPSA) is 30.5 Å². The molecule has 2 saturated heterocycles. The fraction of sp³-hybridized carbons (Fsp3) is 0.647. The Bertz CT molecular complexity index is 497. The van der Waals surface area contributed by atoms with E-state index >= 15 is 0 Å². The molecule has 2 heterocycles. The van der Waals surface area contributed by atoms with E-state index in [1.165, 1.54) is 16.9 Å². The monoisotopic (exact) mass is 360 g/mol. The molecule has 0 spiro atoms. The Morgan fingerprint density at radius 3 is 2.52 bits per heavy atom. The third-order valence-corrected chi connectivity index (χ3v) is 4.72. The highest BCUT2D eigenvalue weighted by atomic mass is 35.5. The van der Waals surface area contributed by atoms with Crippen LogP contribution < -0.4 is 20.4 Å². The van der Waals surface area contributed by atoms with Gasteiger partial charge in [0.1, 0.15) is 0 Å². The summed E-state index contributed by atoms with van der Waals surface area (Å²) in [6, 6.07) is 8.13. The molecule has 0 amide bonds. The number of hydrogen-bond donors (Lipinski definition) is 2. The Kier molecular flexibility index (Phi) is 7.95. The molecular weight excluding hydrogens is 331 g/mol. The Morgan fingerprint density at radius 1 is 1.09 bits per heavy atom. The Balaban J connectivity index is 0.00000132. The van der Waals surface area contributed by atoms with E-state index in [1.807, 2.05) is 0 Å². The van der Waals surface area contributed by atoms with Crippen LogP contribution in [-0.4, -0.2) is 51.4 Å². The molecule has 2 aliphatic rings. The number of aryl methyl sites for hydroxylation is 1. The smallest absolute Gasteiger partial charge is 0.0398 e. The van der Waals surface area contributed by atoms with Crippen molar-refractivity contribution in [1.29, 1.82) is 0 Å². The molecule has 0 saturated carbocycles. The van der Waals surface area contributed by atoms with Gasteiger partial charge in [-0.1, -0.05) is 0 Å². The van der Waals surface area contributed by atoms with E-state index in [1.54, 1.807) is 0 Å². The van der Waals surface area contributed by atoms with Gasteiger partial charge in [0.15, 0.2) is 0 Å². The number of nitrogens with zero attached hydrogens (tertiary/aromatic N) is 2. The lowest BCUT2D eigenvalue weighted by atomic mass is 10.1. The molecule has 3 rings (SSSR count). The van der Waals surface area contributed by atoms with E-state index in [9.17, 15) is 0 Å². The average Bonchev–Trinajstić information content (AvgIpc) is 2.47. The van der Waals surface area contributed by atoms with Gasteiger partial charge in [0.2, 0.25) is 0 Å². The zero-order valence-electron chi connectivity index (χ0n) is 14.3. The van der Waals surface area contributed by atoms with Crippen LogP contribution in [0, 0.1) is 6.92 Å². The number of halogens is 2. The first kappa shape index (κ1) is 20.4. The van der Waals surface area contributed by atoms with Gasteiger partial charge >= 0.3 is 0 Å². The van der Waals surface area contributed by atoms with Crippen LogP contribution in [0.4, 0.5) is 11.4 Å². The first-order valence-corrected chi connectivity index (χ1v) is 8.21. The summed E-state index contributed by atoms with van der Waals surface area (Å²) in [4.78, 5) is 5.04. The second-order valence-corrected chi connectivity index (χ2v) is 6.52. The van der Waals surface area contributed by atoms with Gasteiger partial charge < -0.3 is 20.4 Å². The van der Waals surface area contributed by atoms with Gasteiger partial charge in [-0.3, -0.25) is 0 Å². The summed E-state index contributed by atoms with van der Waals surface area (Å²) in [5.74, 6) is 0. The summed E-state index contributed by atoms with van der Waals surface area (Å²) < 4.78 is 0. The SMILES string of the molecule is Cc1cc(N2CCNC[C@H]2C)ccc1N1CCN[C@H](C)C1.Cl.Cl. The summed E-state index contributed by atoms with van der Waals surface area (Å²) in [5, 5.41) is 6.97. The van der Waals surface area contributed by atoms with Gasteiger partial charge in [-0.05, 0) is 44.5 Å². The zero-order chi connectivity index (χ0) is 14.8. The maximum absolute atomic E-state index is 3.51. The van der Waals surface area contributed by atoms with Crippen LogP contribution in [0.1, 0.15) is 19.4 Å². The molecule has 2 atom stereocenters. The highest BCUT2D eigenvalue weighted by Gasteiger charge is 2.21. The van der Waals surface area contributed by atoms with E-state index in [2.05, 4.69) is 59.4 Å². The molecule has 4 nitrogen and oxygen atoms in total. The van der Waals surface area contributed by atoms with Crippen molar-refractivity contribution >= 4 is 36.2 Å². The second kappa shape index (κ2) is 8.97. The summed E-state index contributed by atoms with van der Waals surface area (Å²) in [5.41, 5.74) is 4.16. The fourth-order valence-corrected chi connectivity index (χ4v) is 3.55. The van der Waals surface area contributed by atoms with E-state index in [0.29, 0.717) is 12.1 Å². The maximum atomic E-state index is 3.51. The number of benzene rings is 1. The van der Waals surface area contributed by atoms with Crippen LogP contribution in [0.5, 0.6) is 0 Å². The van der Waals surface area contributed by atoms with E-state index < -0.39 is 0 Å². The first-order chi connectivity index (χ1) is 10.1. The lowest BCUT2D eigenvalue weighted by molar-refractivity contribution is 0.484. The standard InChI is InChI=1S/C17H28N4.2ClH/c1-13-10-16(21-9-6-18-11-15(21)3)4-5-17(13)20-8-7-19-14(2)12-20;;/h4-5,10,14-15,18-19H,6-9,11-12H2,1-3H3;2*1H/t14-,15-;;/m1../s1. The Hall–Kier alpha value is -0.680. The predicted octanol–water partition coefficient (Wildman–Crippen LogP) is 2.43. The van der Waals surface area contributed by atoms with Crippen molar-refractivity contribution in [2.45, 2.75) is 32.9 Å². The minimum Gasteiger partial charge on any atom is -0.368 e. The van der Waals surface area contributed by atoms with Crippen LogP contribution in [0.2, 0.25) is 0 Å². The van der Waals surface area contributed by atoms with E-state index in [4.69, 9.17) is 0 Å². The third-order valence-electron chi connectivity index (χ3n) is 4.72. The highest BCUT2D eigenvalue weighted by Crippen LogP contribution is 2.27. The summed E-state index contributed by atoms with van der Waals surface area (Å²) in [6.07, 6.45) is 0. The third kappa shape index (κ3) is 4.66. The lowest BCUT2D eigenvalue weighted by Crippen LogP contribution is -2.50. The molecule has 23 heavy (non-hydrogen) atoms. The molecule has 2 fully saturated rings. The van der Waals surface area contributed by atoms with Crippen LogP contribution in [0.25, 0.3) is 0 Å².